The second-order valence-corrected chi connectivity index (χ2v) is 7.81. The van der Waals surface area contributed by atoms with Crippen LogP contribution in [-0.2, 0) is 14.8 Å². The Labute approximate surface area is 127 Å². The SMILES string of the molecule is Cc1cc(N)cc(C)c1S(=O)(=O)N(C)CC1CCOCC1. The summed E-state index contributed by atoms with van der Waals surface area (Å²) >= 11 is 0. The fourth-order valence-corrected chi connectivity index (χ4v) is 4.59. The van der Waals surface area contributed by atoms with Gasteiger partial charge in [-0.2, -0.15) is 0 Å². The van der Waals surface area contributed by atoms with Gasteiger partial charge in [0.15, 0.2) is 0 Å². The maximum atomic E-state index is 12.8. The lowest BCUT2D eigenvalue weighted by Gasteiger charge is -2.27. The molecule has 2 N–H and O–H groups in total. The molecule has 1 aliphatic heterocycles. The molecular formula is C15H24N2O3S. The van der Waals surface area contributed by atoms with E-state index in [9.17, 15) is 8.42 Å². The third kappa shape index (κ3) is 3.56. The van der Waals surface area contributed by atoms with E-state index in [1.54, 1.807) is 33.0 Å². The molecule has 0 spiro atoms. The van der Waals surface area contributed by atoms with Gasteiger partial charge < -0.3 is 10.5 Å². The van der Waals surface area contributed by atoms with E-state index in [0.717, 1.165) is 26.1 Å². The molecule has 1 heterocycles. The van der Waals surface area contributed by atoms with Crippen LogP contribution in [-0.4, -0.2) is 39.5 Å². The van der Waals surface area contributed by atoms with Crippen LogP contribution in [0.4, 0.5) is 5.69 Å². The van der Waals surface area contributed by atoms with Crippen LogP contribution in [0.25, 0.3) is 0 Å². The number of hydrogen-bond donors (Lipinski definition) is 1. The maximum absolute atomic E-state index is 12.8. The summed E-state index contributed by atoms with van der Waals surface area (Å²) in [6.45, 7) is 5.56. The van der Waals surface area contributed by atoms with E-state index in [0.29, 0.717) is 34.2 Å². The molecule has 0 unspecified atom stereocenters. The van der Waals surface area contributed by atoms with Crippen molar-refractivity contribution in [1.82, 2.24) is 4.31 Å². The van der Waals surface area contributed by atoms with E-state index in [2.05, 4.69) is 0 Å². The van der Waals surface area contributed by atoms with E-state index in [1.807, 2.05) is 0 Å². The predicted octanol–water partition coefficient (Wildman–Crippen LogP) is 1.93. The third-order valence-corrected chi connectivity index (χ3v) is 6.14. The van der Waals surface area contributed by atoms with Crippen LogP contribution in [0, 0.1) is 19.8 Å². The van der Waals surface area contributed by atoms with Crippen LogP contribution in [0.3, 0.4) is 0 Å². The zero-order chi connectivity index (χ0) is 15.6. The minimum absolute atomic E-state index is 0.368. The smallest absolute Gasteiger partial charge is 0.243 e. The molecule has 1 saturated heterocycles. The van der Waals surface area contributed by atoms with Crippen molar-refractivity contribution in [2.45, 2.75) is 31.6 Å². The summed E-state index contributed by atoms with van der Waals surface area (Å²) < 4.78 is 32.4. The van der Waals surface area contributed by atoms with Crippen LogP contribution in [0.2, 0.25) is 0 Å². The molecule has 118 valence electrons. The molecule has 0 aromatic heterocycles. The van der Waals surface area contributed by atoms with Gasteiger partial charge in [0.1, 0.15) is 0 Å². The Kier molecular flexibility index (Phi) is 4.91. The first-order valence-corrected chi connectivity index (χ1v) is 8.67. The molecule has 0 amide bonds. The lowest BCUT2D eigenvalue weighted by molar-refractivity contribution is 0.0620. The molecule has 0 radical (unpaired) electrons. The molecule has 1 aliphatic rings. The van der Waals surface area contributed by atoms with Crippen molar-refractivity contribution >= 4 is 15.7 Å². The number of nitrogens with two attached hydrogens (primary N) is 1. The van der Waals surface area contributed by atoms with Gasteiger partial charge in [-0.15, -0.1) is 0 Å². The molecular weight excluding hydrogens is 288 g/mol. The molecule has 0 aliphatic carbocycles. The highest BCUT2D eigenvalue weighted by Gasteiger charge is 2.27. The molecule has 0 atom stereocenters. The summed E-state index contributed by atoms with van der Waals surface area (Å²) in [5, 5.41) is 0. The van der Waals surface area contributed by atoms with Crippen LogP contribution in [0.15, 0.2) is 17.0 Å². The van der Waals surface area contributed by atoms with Gasteiger partial charge >= 0.3 is 0 Å². The highest BCUT2D eigenvalue weighted by Crippen LogP contribution is 2.27. The van der Waals surface area contributed by atoms with E-state index >= 15 is 0 Å². The lowest BCUT2D eigenvalue weighted by Crippen LogP contribution is -2.34. The van der Waals surface area contributed by atoms with E-state index in [1.165, 1.54) is 4.31 Å². The molecule has 1 aromatic carbocycles. The number of ether oxygens (including phenoxy) is 1. The predicted molar refractivity (Wildman–Crippen MR) is 83.7 cm³/mol. The number of sulfonamides is 1. The number of rotatable bonds is 4. The highest BCUT2D eigenvalue weighted by molar-refractivity contribution is 7.89. The van der Waals surface area contributed by atoms with Crippen LogP contribution in [0.1, 0.15) is 24.0 Å². The van der Waals surface area contributed by atoms with Crippen LogP contribution < -0.4 is 5.73 Å². The largest absolute Gasteiger partial charge is 0.399 e. The number of benzene rings is 1. The fourth-order valence-electron chi connectivity index (χ4n) is 2.94. The standard InChI is InChI=1S/C15H24N2O3S/c1-11-8-14(16)9-12(2)15(11)21(18,19)17(3)10-13-4-6-20-7-5-13/h8-9,13H,4-7,10,16H2,1-3H3. The minimum Gasteiger partial charge on any atom is -0.399 e. The van der Waals surface area contributed by atoms with E-state index < -0.39 is 10.0 Å². The van der Waals surface area contributed by atoms with Gasteiger partial charge in [-0.25, -0.2) is 12.7 Å². The molecule has 2 rings (SSSR count). The Morgan fingerprint density at radius 1 is 1.24 bits per heavy atom. The van der Waals surface area contributed by atoms with Gasteiger partial charge in [-0.3, -0.25) is 0 Å². The van der Waals surface area contributed by atoms with E-state index in [-0.39, 0.29) is 0 Å². The lowest BCUT2D eigenvalue weighted by atomic mass is 10.0. The number of anilines is 1. The summed E-state index contributed by atoms with van der Waals surface area (Å²) in [5.74, 6) is 0.368. The molecule has 1 fully saturated rings. The van der Waals surface area contributed by atoms with Gasteiger partial charge in [0.2, 0.25) is 10.0 Å². The van der Waals surface area contributed by atoms with Crippen molar-refractivity contribution in [2.75, 3.05) is 32.5 Å². The first-order valence-electron chi connectivity index (χ1n) is 7.23. The minimum atomic E-state index is -3.48. The Bertz CT molecular complexity index is 584. The Morgan fingerprint density at radius 3 is 2.29 bits per heavy atom. The summed E-state index contributed by atoms with van der Waals surface area (Å²) in [6, 6.07) is 3.42. The summed E-state index contributed by atoms with van der Waals surface area (Å²) in [7, 11) is -1.83. The Morgan fingerprint density at radius 2 is 1.76 bits per heavy atom. The van der Waals surface area contributed by atoms with Crippen molar-refractivity contribution in [3.63, 3.8) is 0 Å². The Hall–Kier alpha value is -1.11. The van der Waals surface area contributed by atoms with Crippen molar-refractivity contribution < 1.29 is 13.2 Å². The summed E-state index contributed by atoms with van der Waals surface area (Å²) in [5.41, 5.74) is 7.77. The number of nitrogen functional groups attached to an aromatic ring is 1. The zero-order valence-corrected chi connectivity index (χ0v) is 13.7. The van der Waals surface area contributed by atoms with Gasteiger partial charge in [0.25, 0.3) is 0 Å². The average Bonchev–Trinajstić information content (AvgIpc) is 2.38. The maximum Gasteiger partial charge on any atom is 0.243 e. The monoisotopic (exact) mass is 312 g/mol. The van der Waals surface area contributed by atoms with Gasteiger partial charge in [0.05, 0.1) is 4.90 Å². The number of hydrogen-bond acceptors (Lipinski definition) is 4. The van der Waals surface area contributed by atoms with E-state index in [4.69, 9.17) is 10.5 Å². The molecule has 6 heteroatoms. The molecule has 0 bridgehead atoms. The van der Waals surface area contributed by atoms with Crippen molar-refractivity contribution in [2.24, 2.45) is 5.92 Å². The fraction of sp³-hybridized carbons (Fsp3) is 0.600. The average molecular weight is 312 g/mol. The summed E-state index contributed by atoms with van der Waals surface area (Å²) in [4.78, 5) is 0.381. The first kappa shape index (κ1) is 16.3. The van der Waals surface area contributed by atoms with Crippen LogP contribution >= 0.6 is 0 Å². The number of aryl methyl sites for hydroxylation is 2. The first-order chi connectivity index (χ1) is 9.82. The second kappa shape index (κ2) is 6.34. The van der Waals surface area contributed by atoms with Crippen molar-refractivity contribution in [3.8, 4) is 0 Å². The summed E-state index contributed by atoms with van der Waals surface area (Å²) in [6.07, 6.45) is 1.83. The van der Waals surface area contributed by atoms with Crippen molar-refractivity contribution in [1.29, 1.82) is 0 Å². The van der Waals surface area contributed by atoms with Gasteiger partial charge in [-0.1, -0.05) is 0 Å². The molecule has 0 saturated carbocycles. The number of nitrogens with zero attached hydrogens (tertiary/aromatic N) is 1. The third-order valence-electron chi connectivity index (χ3n) is 4.01. The van der Waals surface area contributed by atoms with Crippen molar-refractivity contribution in [3.05, 3.63) is 23.3 Å². The second-order valence-electron chi connectivity index (χ2n) is 5.83. The normalized spacial score (nSPS) is 17.3. The van der Waals surface area contributed by atoms with Gasteiger partial charge in [-0.05, 0) is 55.9 Å². The molecule has 1 aromatic rings. The van der Waals surface area contributed by atoms with Gasteiger partial charge in [0, 0.05) is 32.5 Å². The molecule has 21 heavy (non-hydrogen) atoms. The Balaban J connectivity index is 2.24. The quantitative estimate of drug-likeness (QED) is 0.862. The topological polar surface area (TPSA) is 72.6 Å². The molecule has 5 nitrogen and oxygen atoms in total. The van der Waals surface area contributed by atoms with Crippen LogP contribution in [0.5, 0.6) is 0 Å². The zero-order valence-electron chi connectivity index (χ0n) is 12.9. The highest BCUT2D eigenvalue weighted by atomic mass is 32.2.